The molecule has 3 aromatic rings. The highest BCUT2D eigenvalue weighted by Crippen LogP contribution is 2.56. The topological polar surface area (TPSA) is 81.3 Å². The summed E-state index contributed by atoms with van der Waals surface area (Å²) in [6, 6.07) is 8.94. The van der Waals surface area contributed by atoms with Crippen LogP contribution >= 0.6 is 30.5 Å². The Morgan fingerprint density at radius 3 is 2.87 bits per heavy atom. The van der Waals surface area contributed by atoms with Gasteiger partial charge in [0.25, 0.3) is 5.56 Å². The van der Waals surface area contributed by atoms with Crippen molar-refractivity contribution < 1.29 is 13.6 Å². The molecule has 1 aliphatic rings. The van der Waals surface area contributed by atoms with Crippen molar-refractivity contribution in [3.8, 4) is 0 Å². The molecule has 1 aromatic carbocycles. The van der Waals surface area contributed by atoms with E-state index in [1.165, 1.54) is 0 Å². The van der Waals surface area contributed by atoms with Gasteiger partial charge in [0, 0.05) is 11.4 Å². The lowest BCUT2D eigenvalue weighted by atomic mass is 10.1. The van der Waals surface area contributed by atoms with Crippen molar-refractivity contribution in [2.75, 3.05) is 6.79 Å². The fourth-order valence-corrected chi connectivity index (χ4v) is 5.12. The maximum absolute atomic E-state index is 12.2. The van der Waals surface area contributed by atoms with Crippen LogP contribution in [0.3, 0.4) is 0 Å². The molecule has 1 saturated heterocycles. The van der Waals surface area contributed by atoms with Crippen molar-refractivity contribution in [1.29, 1.82) is 0 Å². The predicted molar refractivity (Wildman–Crippen MR) is 88.8 cm³/mol. The Labute approximate surface area is 139 Å². The first-order valence-corrected chi connectivity index (χ1v) is 9.44. The van der Waals surface area contributed by atoms with Crippen molar-refractivity contribution in [3.63, 3.8) is 0 Å². The highest BCUT2D eigenvalue weighted by atomic mass is 35.5. The largest absolute Gasteiger partial charge is 0.375 e. The van der Waals surface area contributed by atoms with E-state index in [1.807, 2.05) is 18.2 Å². The Kier molecular flexibility index (Phi) is 3.63. The maximum Gasteiger partial charge on any atom is 0.375 e. The van der Waals surface area contributed by atoms with Crippen LogP contribution in [0, 0.1) is 0 Å². The third kappa shape index (κ3) is 2.75. The van der Waals surface area contributed by atoms with Crippen LogP contribution in [0.1, 0.15) is 11.4 Å². The smallest absolute Gasteiger partial charge is 0.309 e. The lowest BCUT2D eigenvalue weighted by Crippen LogP contribution is -2.17. The summed E-state index contributed by atoms with van der Waals surface area (Å²) in [7, 11) is -3.22. The van der Waals surface area contributed by atoms with E-state index in [0.29, 0.717) is 32.1 Å². The van der Waals surface area contributed by atoms with Crippen LogP contribution in [0.5, 0.6) is 0 Å². The Bertz CT molecular complexity index is 1010. The summed E-state index contributed by atoms with van der Waals surface area (Å²) >= 11 is 7.05. The Balaban J connectivity index is 1.74. The lowest BCUT2D eigenvalue weighted by molar-refractivity contribution is 0.0163. The molecule has 0 amide bonds. The lowest BCUT2D eigenvalue weighted by Gasteiger charge is -2.24. The van der Waals surface area contributed by atoms with E-state index in [0.717, 1.165) is 16.9 Å². The van der Waals surface area contributed by atoms with Crippen molar-refractivity contribution in [1.82, 2.24) is 9.97 Å². The molecule has 1 aliphatic heterocycles. The van der Waals surface area contributed by atoms with Crippen molar-refractivity contribution in [2.45, 2.75) is 6.42 Å². The first-order valence-electron chi connectivity index (χ1n) is 6.70. The molecule has 0 radical (unpaired) electrons. The second-order valence-electron chi connectivity index (χ2n) is 4.99. The number of hydrogen-bond acceptors (Lipinski definition) is 6. The fourth-order valence-electron chi connectivity index (χ4n) is 2.31. The van der Waals surface area contributed by atoms with Crippen molar-refractivity contribution >= 4 is 45.4 Å². The first-order chi connectivity index (χ1) is 11.0. The highest BCUT2D eigenvalue weighted by molar-refractivity contribution is 7.70. The standard InChI is InChI=1S/C14H10ClN2O4PS/c15-9-3-1-2-8(4-9)5-11-16-10-6-12(22(19)20-7-21-22)23-13(10)14(18)17-11/h1-4,6H,5,7H2,(H,16,17,18). The molecule has 0 bridgehead atoms. The summed E-state index contributed by atoms with van der Waals surface area (Å²) in [5, 5.41) is 0.626. The van der Waals surface area contributed by atoms with Crippen LogP contribution in [-0.2, 0) is 20.0 Å². The molecule has 118 valence electrons. The van der Waals surface area contributed by atoms with E-state index in [1.54, 1.807) is 12.1 Å². The summed E-state index contributed by atoms with van der Waals surface area (Å²) in [6.45, 7) is 0.00925. The number of nitrogens with zero attached hydrogens (tertiary/aromatic N) is 1. The van der Waals surface area contributed by atoms with Crippen LogP contribution in [0.25, 0.3) is 10.2 Å². The monoisotopic (exact) mass is 368 g/mol. The summed E-state index contributed by atoms with van der Waals surface area (Å²) < 4.78 is 23.0. The number of thiophene rings is 1. The zero-order chi connectivity index (χ0) is 16.0. The van der Waals surface area contributed by atoms with Crippen LogP contribution < -0.4 is 10.2 Å². The van der Waals surface area contributed by atoms with E-state index in [-0.39, 0.29) is 12.4 Å². The minimum atomic E-state index is -3.22. The SMILES string of the molecule is O=c1[nH]c(Cc2cccc(Cl)c2)nc2cc(P3(=O)OCO3)sc12. The fraction of sp³-hybridized carbons (Fsp3) is 0.143. The minimum absolute atomic E-state index is 0.00925. The van der Waals surface area contributed by atoms with Gasteiger partial charge in [-0.3, -0.25) is 18.4 Å². The van der Waals surface area contributed by atoms with Gasteiger partial charge in [0.2, 0.25) is 0 Å². The number of aromatic amines is 1. The highest BCUT2D eigenvalue weighted by Gasteiger charge is 2.38. The average molecular weight is 369 g/mol. The van der Waals surface area contributed by atoms with Crippen molar-refractivity contribution in [2.24, 2.45) is 0 Å². The number of aromatic nitrogens is 2. The molecule has 0 spiro atoms. The summed E-state index contributed by atoms with van der Waals surface area (Å²) in [5.41, 5.74) is 1.16. The summed E-state index contributed by atoms with van der Waals surface area (Å²) in [6.07, 6.45) is 0.446. The number of fused-ring (bicyclic) bond motifs is 1. The van der Waals surface area contributed by atoms with E-state index in [2.05, 4.69) is 9.97 Å². The van der Waals surface area contributed by atoms with Gasteiger partial charge in [0.05, 0.1) is 5.52 Å². The second-order valence-corrected chi connectivity index (χ2v) is 8.78. The van der Waals surface area contributed by atoms with Gasteiger partial charge in [-0.05, 0) is 23.8 Å². The number of H-pyrrole nitrogens is 1. The van der Waals surface area contributed by atoms with Gasteiger partial charge >= 0.3 is 7.60 Å². The predicted octanol–water partition coefficient (Wildman–Crippen LogP) is 3.05. The third-order valence-electron chi connectivity index (χ3n) is 3.39. The van der Waals surface area contributed by atoms with Crippen LogP contribution in [0.15, 0.2) is 35.1 Å². The molecule has 23 heavy (non-hydrogen) atoms. The van der Waals surface area contributed by atoms with Gasteiger partial charge in [0.15, 0.2) is 6.79 Å². The molecule has 0 saturated carbocycles. The molecule has 1 N–H and O–H groups in total. The van der Waals surface area contributed by atoms with Gasteiger partial charge < -0.3 is 4.98 Å². The molecule has 3 heterocycles. The Morgan fingerprint density at radius 1 is 1.35 bits per heavy atom. The molecular weight excluding hydrogens is 359 g/mol. The Morgan fingerprint density at radius 2 is 2.17 bits per heavy atom. The number of hydrogen-bond donors (Lipinski definition) is 1. The van der Waals surface area contributed by atoms with E-state index >= 15 is 0 Å². The van der Waals surface area contributed by atoms with Gasteiger partial charge in [-0.2, -0.15) is 0 Å². The van der Waals surface area contributed by atoms with Crippen LogP contribution in [0.2, 0.25) is 5.02 Å². The molecule has 6 nitrogen and oxygen atoms in total. The van der Waals surface area contributed by atoms with Gasteiger partial charge in [-0.1, -0.05) is 23.7 Å². The summed E-state index contributed by atoms with van der Waals surface area (Å²) in [4.78, 5) is 19.4. The Hall–Kier alpha value is -1.50. The molecule has 4 rings (SSSR count). The normalized spacial score (nSPS) is 16.4. The maximum atomic E-state index is 12.2. The van der Waals surface area contributed by atoms with Gasteiger partial charge in [-0.15, -0.1) is 11.3 Å². The third-order valence-corrected chi connectivity index (χ3v) is 7.06. The number of benzene rings is 1. The number of halogens is 1. The van der Waals surface area contributed by atoms with Gasteiger partial charge in [0.1, 0.15) is 15.1 Å². The molecule has 2 aromatic heterocycles. The minimum Gasteiger partial charge on any atom is -0.309 e. The molecule has 0 atom stereocenters. The average Bonchev–Trinajstić information content (AvgIpc) is 2.89. The van der Waals surface area contributed by atoms with Crippen LogP contribution in [0.4, 0.5) is 0 Å². The van der Waals surface area contributed by atoms with Crippen molar-refractivity contribution in [3.05, 3.63) is 57.1 Å². The van der Waals surface area contributed by atoms with E-state index < -0.39 is 7.60 Å². The second kappa shape index (κ2) is 5.54. The van der Waals surface area contributed by atoms with E-state index in [9.17, 15) is 9.36 Å². The van der Waals surface area contributed by atoms with Crippen LogP contribution in [-0.4, -0.2) is 16.8 Å². The molecular formula is C14H10ClN2O4PS. The molecule has 0 unspecified atom stereocenters. The molecule has 0 aliphatic carbocycles. The quantitative estimate of drug-likeness (QED) is 0.718. The van der Waals surface area contributed by atoms with Gasteiger partial charge in [-0.25, -0.2) is 4.98 Å². The molecule has 1 fully saturated rings. The molecule has 9 heteroatoms. The van der Waals surface area contributed by atoms with E-state index in [4.69, 9.17) is 20.6 Å². The zero-order valence-corrected chi connectivity index (χ0v) is 14.1. The zero-order valence-electron chi connectivity index (χ0n) is 11.6. The summed E-state index contributed by atoms with van der Waals surface area (Å²) in [5.74, 6) is 0.517. The first kappa shape index (κ1) is 15.1. The number of rotatable bonds is 3. The number of nitrogens with one attached hydrogen (secondary N) is 1.